The van der Waals surface area contributed by atoms with Crippen molar-refractivity contribution in [1.29, 1.82) is 0 Å². The molecule has 0 fully saturated rings. The average molecular weight is 611 g/mol. The summed E-state index contributed by atoms with van der Waals surface area (Å²) >= 11 is 6.07. The number of phenols is 1. The molecule has 4 aromatic rings. The fourth-order valence-corrected chi connectivity index (χ4v) is 5.28. The Bertz CT molecular complexity index is 1780. The van der Waals surface area contributed by atoms with Crippen LogP contribution in [0, 0.1) is 0 Å². The van der Waals surface area contributed by atoms with E-state index in [9.17, 15) is 27.9 Å². The molecular formula is C30H27ClN2O8S. The van der Waals surface area contributed by atoms with E-state index in [1.807, 2.05) is 10.8 Å². The molecule has 0 aliphatic rings. The molecule has 0 aliphatic heterocycles. The predicted molar refractivity (Wildman–Crippen MR) is 157 cm³/mol. The third-order valence-electron chi connectivity index (χ3n) is 5.78. The minimum atomic E-state index is -4.64. The number of urea groups is 1. The average Bonchev–Trinajstić information content (AvgIpc) is 2.91. The van der Waals surface area contributed by atoms with Gasteiger partial charge in [-0.1, -0.05) is 66.2 Å². The number of hydrogen-bond acceptors (Lipinski definition) is 8. The van der Waals surface area contributed by atoms with Crippen molar-refractivity contribution in [3.8, 4) is 5.75 Å². The maximum Gasteiger partial charge on any atom is 0.342 e. The first kappa shape index (κ1) is 30.4. The maximum absolute atomic E-state index is 13.4. The molecule has 0 unspecified atom stereocenters. The Kier molecular flexibility index (Phi) is 8.74. The number of fused-ring (bicyclic) bond motifs is 1. The normalized spacial score (nSPS) is 11.5. The highest BCUT2D eigenvalue weighted by Crippen LogP contribution is 2.35. The Morgan fingerprint density at radius 1 is 0.857 bits per heavy atom. The van der Waals surface area contributed by atoms with Crippen LogP contribution in [0.5, 0.6) is 5.75 Å². The molecule has 0 atom stereocenters. The van der Waals surface area contributed by atoms with Crippen LogP contribution in [-0.4, -0.2) is 37.1 Å². The lowest BCUT2D eigenvalue weighted by molar-refractivity contribution is 0.00665. The third-order valence-corrected chi connectivity index (χ3v) is 7.38. The molecule has 218 valence electrons. The van der Waals surface area contributed by atoms with Crippen molar-refractivity contribution in [2.24, 2.45) is 0 Å². The molecule has 42 heavy (non-hydrogen) atoms. The van der Waals surface area contributed by atoms with Gasteiger partial charge < -0.3 is 19.9 Å². The van der Waals surface area contributed by atoms with Crippen molar-refractivity contribution in [3.05, 3.63) is 101 Å². The molecule has 0 heterocycles. The molecule has 0 bridgehead atoms. The number of aromatic hydroxyl groups is 1. The van der Waals surface area contributed by atoms with E-state index in [0.717, 1.165) is 11.6 Å². The number of ether oxygens (including phenoxy) is 2. The van der Waals surface area contributed by atoms with Crippen LogP contribution in [-0.2, 0) is 26.1 Å². The highest BCUT2D eigenvalue weighted by atomic mass is 35.5. The molecule has 4 rings (SSSR count). The van der Waals surface area contributed by atoms with Crippen LogP contribution < -0.4 is 10.0 Å². The summed E-state index contributed by atoms with van der Waals surface area (Å²) in [4.78, 5) is 38.1. The van der Waals surface area contributed by atoms with Crippen LogP contribution >= 0.6 is 11.6 Å². The molecule has 4 aromatic carbocycles. The monoisotopic (exact) mass is 610 g/mol. The first-order chi connectivity index (χ1) is 19.7. The number of halogens is 1. The Labute approximate surface area is 247 Å². The van der Waals surface area contributed by atoms with E-state index in [0.29, 0.717) is 0 Å². The van der Waals surface area contributed by atoms with Gasteiger partial charge in [0.05, 0.1) is 16.1 Å². The summed E-state index contributed by atoms with van der Waals surface area (Å²) in [7, 11) is -4.64. The lowest BCUT2D eigenvalue weighted by Gasteiger charge is -2.21. The smallest absolute Gasteiger partial charge is 0.342 e. The second-order valence-corrected chi connectivity index (χ2v) is 12.2. The van der Waals surface area contributed by atoms with E-state index >= 15 is 0 Å². The standard InChI is InChI=1S/C30H27ClN2O8S/c1-30(2,3)41-28(36)23-16-25(20-11-7-8-12-21(20)26(23)34)42(38,39)33-29(37)32-24-15-19(31)13-14-22(24)27(35)40-17-18-9-5-4-6-10-18/h4-16,34H,17H2,1-3H3,(H2,32,33,37). The third kappa shape index (κ3) is 7.17. The lowest BCUT2D eigenvalue weighted by atomic mass is 10.0. The summed E-state index contributed by atoms with van der Waals surface area (Å²) in [5.41, 5.74) is -0.750. The minimum absolute atomic E-state index is 0.0315. The van der Waals surface area contributed by atoms with Gasteiger partial charge in [0, 0.05) is 15.8 Å². The Morgan fingerprint density at radius 3 is 2.17 bits per heavy atom. The van der Waals surface area contributed by atoms with Crippen LogP contribution in [0.3, 0.4) is 0 Å². The summed E-state index contributed by atoms with van der Waals surface area (Å²) < 4.78 is 39.4. The Morgan fingerprint density at radius 2 is 1.50 bits per heavy atom. The lowest BCUT2D eigenvalue weighted by Crippen LogP contribution is -2.35. The van der Waals surface area contributed by atoms with E-state index in [1.54, 1.807) is 51.1 Å². The molecule has 2 amide bonds. The van der Waals surface area contributed by atoms with Gasteiger partial charge in [0.2, 0.25) is 0 Å². The van der Waals surface area contributed by atoms with Crippen molar-refractivity contribution >= 4 is 56.1 Å². The van der Waals surface area contributed by atoms with Crippen molar-refractivity contribution in [1.82, 2.24) is 4.72 Å². The highest BCUT2D eigenvalue weighted by molar-refractivity contribution is 7.90. The summed E-state index contributed by atoms with van der Waals surface area (Å²) in [5, 5.41) is 13.4. The minimum Gasteiger partial charge on any atom is -0.506 e. The fourth-order valence-electron chi connectivity index (χ4n) is 3.96. The van der Waals surface area contributed by atoms with Gasteiger partial charge in [-0.3, -0.25) is 0 Å². The summed E-state index contributed by atoms with van der Waals surface area (Å²) in [6.07, 6.45) is 0. The molecular weight excluding hydrogens is 584 g/mol. The van der Waals surface area contributed by atoms with E-state index in [2.05, 4.69) is 5.32 Å². The second kappa shape index (κ2) is 12.1. The van der Waals surface area contributed by atoms with Gasteiger partial charge in [-0.25, -0.2) is 27.5 Å². The van der Waals surface area contributed by atoms with E-state index in [-0.39, 0.29) is 33.7 Å². The Hall–Kier alpha value is -4.61. The van der Waals surface area contributed by atoms with Crippen LogP contribution in [0.25, 0.3) is 10.8 Å². The zero-order valence-electron chi connectivity index (χ0n) is 22.8. The quantitative estimate of drug-likeness (QED) is 0.215. The van der Waals surface area contributed by atoms with Gasteiger partial charge in [-0.15, -0.1) is 0 Å². The summed E-state index contributed by atoms with van der Waals surface area (Å²) in [6, 6.07) is 18.6. The van der Waals surface area contributed by atoms with Gasteiger partial charge in [0.15, 0.2) is 0 Å². The number of carbonyl (C=O) groups is 3. The Balaban J connectivity index is 1.62. The van der Waals surface area contributed by atoms with Crippen LogP contribution in [0.2, 0.25) is 5.02 Å². The highest BCUT2D eigenvalue weighted by Gasteiger charge is 2.28. The number of sulfonamides is 1. The SMILES string of the molecule is CC(C)(C)OC(=O)c1cc(S(=O)(=O)NC(=O)Nc2cc(Cl)ccc2C(=O)OCc2ccccc2)c2ccccc2c1O. The number of anilines is 1. The van der Waals surface area contributed by atoms with E-state index in [1.165, 1.54) is 36.4 Å². The number of benzene rings is 4. The number of hydrogen-bond donors (Lipinski definition) is 3. The molecule has 10 nitrogen and oxygen atoms in total. The topological polar surface area (TPSA) is 148 Å². The van der Waals surface area contributed by atoms with Crippen molar-refractivity contribution in [3.63, 3.8) is 0 Å². The number of carbonyl (C=O) groups excluding carboxylic acids is 3. The van der Waals surface area contributed by atoms with Crippen molar-refractivity contribution in [2.45, 2.75) is 37.9 Å². The number of phenolic OH excluding ortho intramolecular Hbond substituents is 1. The number of rotatable bonds is 7. The number of nitrogens with one attached hydrogen (secondary N) is 2. The van der Waals surface area contributed by atoms with Crippen LogP contribution in [0.15, 0.2) is 83.8 Å². The predicted octanol–water partition coefficient (Wildman–Crippen LogP) is 6.02. The van der Waals surface area contributed by atoms with E-state index < -0.39 is 49.8 Å². The second-order valence-electron chi connectivity index (χ2n) is 10.1. The number of amides is 2. The van der Waals surface area contributed by atoms with E-state index in [4.69, 9.17) is 21.1 Å². The molecule has 0 aromatic heterocycles. The van der Waals surface area contributed by atoms with Gasteiger partial charge >= 0.3 is 18.0 Å². The molecule has 0 radical (unpaired) electrons. The van der Waals surface area contributed by atoms with Crippen LogP contribution in [0.4, 0.5) is 10.5 Å². The molecule has 0 saturated carbocycles. The van der Waals surface area contributed by atoms with Gasteiger partial charge in [0.25, 0.3) is 10.0 Å². The molecule has 3 N–H and O–H groups in total. The zero-order chi connectivity index (χ0) is 30.7. The first-order valence-corrected chi connectivity index (χ1v) is 14.4. The maximum atomic E-state index is 13.4. The van der Waals surface area contributed by atoms with Crippen molar-refractivity contribution < 1.29 is 37.4 Å². The van der Waals surface area contributed by atoms with Crippen LogP contribution in [0.1, 0.15) is 47.1 Å². The first-order valence-electron chi connectivity index (χ1n) is 12.6. The van der Waals surface area contributed by atoms with Gasteiger partial charge in [-0.05, 0) is 50.6 Å². The molecule has 12 heteroatoms. The summed E-state index contributed by atoms with van der Waals surface area (Å²) in [5.74, 6) is -2.20. The largest absolute Gasteiger partial charge is 0.506 e. The fraction of sp³-hybridized carbons (Fsp3) is 0.167. The summed E-state index contributed by atoms with van der Waals surface area (Å²) in [6.45, 7) is 4.83. The number of esters is 2. The zero-order valence-corrected chi connectivity index (χ0v) is 24.4. The molecule has 0 saturated heterocycles. The molecule has 0 aliphatic carbocycles. The van der Waals surface area contributed by atoms with Gasteiger partial charge in [0.1, 0.15) is 23.5 Å². The van der Waals surface area contributed by atoms with Crippen molar-refractivity contribution in [2.75, 3.05) is 5.32 Å². The van der Waals surface area contributed by atoms with Gasteiger partial charge in [-0.2, -0.15) is 0 Å². The molecule has 0 spiro atoms.